The second-order valence-corrected chi connectivity index (χ2v) is 6.12. The zero-order valence-electron chi connectivity index (χ0n) is 14.4. The lowest BCUT2D eigenvalue weighted by atomic mass is 10.0. The fourth-order valence-corrected chi connectivity index (χ4v) is 2.05. The molecule has 0 aromatic heterocycles. The van der Waals surface area contributed by atoms with E-state index in [0.717, 1.165) is 0 Å². The molecule has 0 heterocycles. The van der Waals surface area contributed by atoms with Crippen molar-refractivity contribution in [1.29, 1.82) is 0 Å². The first-order valence-electron chi connectivity index (χ1n) is 7.84. The van der Waals surface area contributed by atoms with Gasteiger partial charge in [0.25, 0.3) is 5.91 Å². The summed E-state index contributed by atoms with van der Waals surface area (Å²) in [5.74, 6) is -2.37. The van der Waals surface area contributed by atoms with E-state index in [2.05, 4.69) is 16.0 Å². The van der Waals surface area contributed by atoms with Gasteiger partial charge in [0.05, 0.1) is 12.1 Å². The molecule has 0 radical (unpaired) electrons. The first-order valence-corrected chi connectivity index (χ1v) is 7.84. The quantitative estimate of drug-likeness (QED) is 0.699. The van der Waals surface area contributed by atoms with Crippen LogP contribution in [0.1, 0.15) is 38.1 Å². The Morgan fingerprint density at radius 1 is 1.04 bits per heavy atom. The molecular formula is C17H24FN3O3. The van der Waals surface area contributed by atoms with Crippen molar-refractivity contribution >= 4 is 17.7 Å². The number of benzene rings is 1. The zero-order chi connectivity index (χ0) is 18.3. The minimum atomic E-state index is -0.871. The van der Waals surface area contributed by atoms with Gasteiger partial charge in [0, 0.05) is 6.04 Å². The Labute approximate surface area is 141 Å². The maximum absolute atomic E-state index is 13.7. The van der Waals surface area contributed by atoms with Gasteiger partial charge in [0.2, 0.25) is 11.8 Å². The Hall–Kier alpha value is -2.44. The highest BCUT2D eigenvalue weighted by molar-refractivity contribution is 5.98. The number of halogens is 1. The molecule has 0 saturated carbocycles. The van der Waals surface area contributed by atoms with Gasteiger partial charge in [-0.05, 0) is 31.9 Å². The SMILES string of the molecule is CC(C)NC(=O)CNC(=O)C(NC(=O)c1ccccc1F)C(C)C. The van der Waals surface area contributed by atoms with E-state index in [4.69, 9.17) is 0 Å². The maximum atomic E-state index is 13.7. The molecular weight excluding hydrogens is 313 g/mol. The molecule has 3 amide bonds. The number of carbonyl (C=O) groups excluding carboxylic acids is 3. The predicted molar refractivity (Wildman–Crippen MR) is 88.8 cm³/mol. The van der Waals surface area contributed by atoms with Crippen LogP contribution < -0.4 is 16.0 Å². The summed E-state index contributed by atoms with van der Waals surface area (Å²) < 4.78 is 13.7. The van der Waals surface area contributed by atoms with Crippen LogP contribution in [0.3, 0.4) is 0 Å². The van der Waals surface area contributed by atoms with Crippen LogP contribution in [0.5, 0.6) is 0 Å². The molecule has 1 aromatic rings. The van der Waals surface area contributed by atoms with Crippen molar-refractivity contribution in [2.75, 3.05) is 6.54 Å². The van der Waals surface area contributed by atoms with E-state index in [0.29, 0.717) is 0 Å². The van der Waals surface area contributed by atoms with Gasteiger partial charge >= 0.3 is 0 Å². The Balaban J connectivity index is 2.70. The molecule has 1 unspecified atom stereocenters. The van der Waals surface area contributed by atoms with Crippen molar-refractivity contribution in [2.24, 2.45) is 5.92 Å². The van der Waals surface area contributed by atoms with Crippen molar-refractivity contribution in [2.45, 2.75) is 39.8 Å². The normalized spacial score (nSPS) is 12.0. The van der Waals surface area contributed by atoms with Gasteiger partial charge in [0.1, 0.15) is 11.9 Å². The molecule has 0 saturated heterocycles. The van der Waals surface area contributed by atoms with E-state index in [9.17, 15) is 18.8 Å². The monoisotopic (exact) mass is 337 g/mol. The van der Waals surface area contributed by atoms with Crippen molar-refractivity contribution in [3.8, 4) is 0 Å². The summed E-state index contributed by atoms with van der Waals surface area (Å²) in [5, 5.41) is 7.65. The first kappa shape index (κ1) is 19.6. The number of hydrogen-bond acceptors (Lipinski definition) is 3. The minimum absolute atomic E-state index is 0.0314. The van der Waals surface area contributed by atoms with Crippen molar-refractivity contribution in [3.05, 3.63) is 35.6 Å². The van der Waals surface area contributed by atoms with E-state index in [1.807, 2.05) is 13.8 Å². The third kappa shape index (κ3) is 5.98. The van der Waals surface area contributed by atoms with E-state index >= 15 is 0 Å². The Bertz CT molecular complexity index is 602. The molecule has 0 aliphatic carbocycles. The maximum Gasteiger partial charge on any atom is 0.254 e. The molecule has 0 aliphatic heterocycles. The van der Waals surface area contributed by atoms with E-state index < -0.39 is 23.7 Å². The van der Waals surface area contributed by atoms with Gasteiger partial charge in [-0.2, -0.15) is 0 Å². The zero-order valence-corrected chi connectivity index (χ0v) is 14.4. The second-order valence-electron chi connectivity index (χ2n) is 6.12. The van der Waals surface area contributed by atoms with E-state index in [1.54, 1.807) is 19.9 Å². The Kier molecular flexibility index (Phi) is 7.35. The van der Waals surface area contributed by atoms with E-state index in [-0.39, 0.29) is 30.0 Å². The van der Waals surface area contributed by atoms with Crippen LogP contribution >= 0.6 is 0 Å². The van der Waals surface area contributed by atoms with Crippen LogP contribution in [0.25, 0.3) is 0 Å². The van der Waals surface area contributed by atoms with Crippen molar-refractivity contribution < 1.29 is 18.8 Å². The summed E-state index contributed by atoms with van der Waals surface area (Å²) >= 11 is 0. The average Bonchev–Trinajstić information content (AvgIpc) is 2.49. The highest BCUT2D eigenvalue weighted by Crippen LogP contribution is 2.08. The molecule has 0 bridgehead atoms. The number of rotatable bonds is 7. The van der Waals surface area contributed by atoms with Crippen molar-refractivity contribution in [1.82, 2.24) is 16.0 Å². The molecule has 1 rings (SSSR count). The van der Waals surface area contributed by atoms with Crippen LogP contribution in [0.15, 0.2) is 24.3 Å². The fourth-order valence-electron chi connectivity index (χ4n) is 2.05. The van der Waals surface area contributed by atoms with Crippen LogP contribution in [0.4, 0.5) is 4.39 Å². The van der Waals surface area contributed by atoms with Crippen LogP contribution in [-0.2, 0) is 9.59 Å². The van der Waals surface area contributed by atoms with Gasteiger partial charge < -0.3 is 16.0 Å². The summed E-state index contributed by atoms with van der Waals surface area (Å²) in [6.07, 6.45) is 0. The molecule has 1 atom stereocenters. The lowest BCUT2D eigenvalue weighted by Gasteiger charge is -2.22. The third-order valence-electron chi connectivity index (χ3n) is 3.23. The van der Waals surface area contributed by atoms with Gasteiger partial charge in [0.15, 0.2) is 0 Å². The summed E-state index contributed by atoms with van der Waals surface area (Å²) in [6.45, 7) is 6.94. The van der Waals surface area contributed by atoms with Gasteiger partial charge in [-0.3, -0.25) is 14.4 Å². The summed E-state index contributed by atoms with van der Waals surface area (Å²) in [4.78, 5) is 36.0. The number of hydrogen-bond donors (Lipinski definition) is 3. The number of carbonyl (C=O) groups is 3. The predicted octanol–water partition coefficient (Wildman–Crippen LogP) is 1.22. The molecule has 132 valence electrons. The highest BCUT2D eigenvalue weighted by atomic mass is 19.1. The molecule has 6 nitrogen and oxygen atoms in total. The largest absolute Gasteiger partial charge is 0.352 e. The number of amides is 3. The molecule has 24 heavy (non-hydrogen) atoms. The molecule has 0 fully saturated rings. The van der Waals surface area contributed by atoms with E-state index in [1.165, 1.54) is 18.2 Å². The topological polar surface area (TPSA) is 87.3 Å². The smallest absolute Gasteiger partial charge is 0.254 e. The molecule has 0 spiro atoms. The molecule has 7 heteroatoms. The lowest BCUT2D eigenvalue weighted by molar-refractivity contribution is -0.128. The molecule has 0 aliphatic rings. The Morgan fingerprint density at radius 2 is 1.67 bits per heavy atom. The summed E-state index contributed by atoms with van der Waals surface area (Å²) in [7, 11) is 0. The third-order valence-corrected chi connectivity index (χ3v) is 3.23. The van der Waals surface area contributed by atoms with Crippen molar-refractivity contribution in [3.63, 3.8) is 0 Å². The standard InChI is InChI=1S/C17H24FN3O3/c1-10(2)15(17(24)19-9-14(22)20-11(3)4)21-16(23)12-7-5-6-8-13(12)18/h5-8,10-11,15H,9H2,1-4H3,(H,19,24)(H,20,22)(H,21,23). The van der Waals surface area contributed by atoms with Crippen LogP contribution in [0, 0.1) is 11.7 Å². The van der Waals surface area contributed by atoms with Gasteiger partial charge in [-0.25, -0.2) is 4.39 Å². The van der Waals surface area contributed by atoms with Gasteiger partial charge in [-0.1, -0.05) is 26.0 Å². The van der Waals surface area contributed by atoms with Crippen LogP contribution in [0.2, 0.25) is 0 Å². The molecule has 3 N–H and O–H groups in total. The summed E-state index contributed by atoms with van der Waals surface area (Å²) in [6, 6.07) is 4.64. The van der Waals surface area contributed by atoms with Crippen LogP contribution in [-0.4, -0.2) is 36.3 Å². The minimum Gasteiger partial charge on any atom is -0.352 e. The van der Waals surface area contributed by atoms with Gasteiger partial charge in [-0.15, -0.1) is 0 Å². The average molecular weight is 337 g/mol. The first-order chi connectivity index (χ1) is 11.2. The summed E-state index contributed by atoms with van der Waals surface area (Å²) in [5.41, 5.74) is -0.131. The highest BCUT2D eigenvalue weighted by Gasteiger charge is 2.25. The Morgan fingerprint density at radius 3 is 2.21 bits per heavy atom. The second kappa shape index (κ2) is 9.00. The number of nitrogens with one attached hydrogen (secondary N) is 3. The lowest BCUT2D eigenvalue weighted by Crippen LogP contribution is -2.51. The molecule has 1 aromatic carbocycles. The fraction of sp³-hybridized carbons (Fsp3) is 0.471.